The van der Waals surface area contributed by atoms with Gasteiger partial charge in [-0.2, -0.15) is 0 Å². The van der Waals surface area contributed by atoms with Gasteiger partial charge in [-0.05, 0) is 24.8 Å². The Morgan fingerprint density at radius 3 is 2.69 bits per heavy atom. The molecule has 1 unspecified atom stereocenters. The quantitative estimate of drug-likeness (QED) is 0.854. The highest BCUT2D eigenvalue weighted by molar-refractivity contribution is 5.77. The average molecular weight is 224 g/mol. The molecule has 1 aliphatic carbocycles. The van der Waals surface area contributed by atoms with Crippen LogP contribution in [0.25, 0.3) is 0 Å². The van der Waals surface area contributed by atoms with Gasteiger partial charge in [-0.3, -0.25) is 4.79 Å². The summed E-state index contributed by atoms with van der Waals surface area (Å²) in [5.41, 5.74) is 0.260. The predicted molar refractivity (Wildman–Crippen MR) is 56.1 cm³/mol. The van der Waals surface area contributed by atoms with E-state index < -0.39 is 17.7 Å². The van der Waals surface area contributed by atoms with Crippen LogP contribution in [0.15, 0.2) is 18.2 Å². The van der Waals surface area contributed by atoms with Gasteiger partial charge in [0.05, 0.1) is 13.0 Å². The molecule has 0 heterocycles. The van der Waals surface area contributed by atoms with Gasteiger partial charge >= 0.3 is 5.97 Å². The van der Waals surface area contributed by atoms with Crippen LogP contribution < -0.4 is 4.74 Å². The van der Waals surface area contributed by atoms with E-state index in [-0.39, 0.29) is 11.5 Å². The van der Waals surface area contributed by atoms with Crippen molar-refractivity contribution in [2.45, 2.75) is 18.8 Å². The molecule has 0 amide bonds. The molecule has 1 aromatic carbocycles. The van der Waals surface area contributed by atoms with Gasteiger partial charge in [0.2, 0.25) is 0 Å². The van der Waals surface area contributed by atoms with Gasteiger partial charge in [0.15, 0.2) is 0 Å². The molecule has 0 aliphatic heterocycles. The van der Waals surface area contributed by atoms with E-state index in [1.54, 1.807) is 6.07 Å². The monoisotopic (exact) mass is 224 g/mol. The first-order valence-electron chi connectivity index (χ1n) is 5.19. The molecule has 1 fully saturated rings. The molecule has 0 saturated heterocycles. The van der Waals surface area contributed by atoms with Crippen molar-refractivity contribution in [1.82, 2.24) is 0 Å². The molecule has 1 aliphatic rings. The van der Waals surface area contributed by atoms with Gasteiger partial charge in [0.1, 0.15) is 11.6 Å². The smallest absolute Gasteiger partial charge is 0.311 e. The maximum atomic E-state index is 13.7. The van der Waals surface area contributed by atoms with Crippen molar-refractivity contribution in [3.8, 4) is 5.75 Å². The van der Waals surface area contributed by atoms with E-state index >= 15 is 0 Å². The molecule has 1 aromatic rings. The topological polar surface area (TPSA) is 46.5 Å². The third-order valence-electron chi connectivity index (χ3n) is 2.90. The van der Waals surface area contributed by atoms with E-state index in [0.717, 1.165) is 12.8 Å². The fourth-order valence-electron chi connectivity index (χ4n) is 1.91. The Morgan fingerprint density at radius 1 is 1.56 bits per heavy atom. The Balaban J connectivity index is 2.34. The molecule has 16 heavy (non-hydrogen) atoms. The van der Waals surface area contributed by atoms with Gasteiger partial charge in [-0.15, -0.1) is 0 Å². The minimum absolute atomic E-state index is 0.0837. The average Bonchev–Trinajstić information content (AvgIpc) is 3.04. The van der Waals surface area contributed by atoms with Crippen LogP contribution >= 0.6 is 0 Å². The number of methoxy groups -OCH3 is 1. The number of carboxylic acids is 1. The molecule has 1 saturated carbocycles. The first-order chi connectivity index (χ1) is 7.63. The van der Waals surface area contributed by atoms with Gasteiger partial charge < -0.3 is 9.84 Å². The summed E-state index contributed by atoms with van der Waals surface area (Å²) >= 11 is 0. The lowest BCUT2D eigenvalue weighted by Gasteiger charge is -2.13. The maximum Gasteiger partial charge on any atom is 0.311 e. The number of halogens is 1. The van der Waals surface area contributed by atoms with Crippen LogP contribution in [-0.4, -0.2) is 18.2 Å². The first kappa shape index (κ1) is 10.9. The van der Waals surface area contributed by atoms with Crippen LogP contribution in [0.1, 0.15) is 24.3 Å². The molecule has 3 nitrogen and oxygen atoms in total. The number of hydrogen-bond donors (Lipinski definition) is 1. The Bertz CT molecular complexity index is 413. The molecule has 0 bridgehead atoms. The predicted octanol–water partition coefficient (Wildman–Crippen LogP) is 2.41. The van der Waals surface area contributed by atoms with Crippen LogP contribution in [0.3, 0.4) is 0 Å². The molecule has 0 spiro atoms. The Kier molecular flexibility index (Phi) is 2.81. The number of carbonyl (C=O) groups is 1. The molecule has 0 radical (unpaired) electrons. The largest absolute Gasteiger partial charge is 0.497 e. The summed E-state index contributed by atoms with van der Waals surface area (Å²) in [6.07, 6.45) is 1.73. The van der Waals surface area contributed by atoms with Gasteiger partial charge in [0.25, 0.3) is 0 Å². The summed E-state index contributed by atoms with van der Waals surface area (Å²) in [5, 5.41) is 9.09. The van der Waals surface area contributed by atoms with Crippen molar-refractivity contribution in [2.75, 3.05) is 7.11 Å². The number of benzene rings is 1. The lowest BCUT2D eigenvalue weighted by molar-refractivity contribution is -0.139. The zero-order valence-electron chi connectivity index (χ0n) is 8.94. The Labute approximate surface area is 92.9 Å². The lowest BCUT2D eigenvalue weighted by atomic mass is 9.94. The minimum Gasteiger partial charge on any atom is -0.497 e. The van der Waals surface area contributed by atoms with E-state index in [2.05, 4.69) is 0 Å². The van der Waals surface area contributed by atoms with Crippen molar-refractivity contribution in [1.29, 1.82) is 0 Å². The van der Waals surface area contributed by atoms with Crippen molar-refractivity contribution in [3.63, 3.8) is 0 Å². The summed E-state index contributed by atoms with van der Waals surface area (Å²) in [4.78, 5) is 11.1. The van der Waals surface area contributed by atoms with E-state index in [9.17, 15) is 9.18 Å². The zero-order chi connectivity index (χ0) is 11.7. The fourth-order valence-corrected chi connectivity index (χ4v) is 1.91. The van der Waals surface area contributed by atoms with Gasteiger partial charge in [0, 0.05) is 11.6 Å². The second-order valence-corrected chi connectivity index (χ2v) is 4.04. The normalized spacial score (nSPS) is 16.9. The van der Waals surface area contributed by atoms with Crippen molar-refractivity contribution in [3.05, 3.63) is 29.6 Å². The fraction of sp³-hybridized carbons (Fsp3) is 0.417. The number of rotatable bonds is 4. The molecule has 2 rings (SSSR count). The third-order valence-corrected chi connectivity index (χ3v) is 2.90. The van der Waals surface area contributed by atoms with Crippen LogP contribution in [0, 0.1) is 11.7 Å². The van der Waals surface area contributed by atoms with E-state index in [1.165, 1.54) is 19.2 Å². The highest BCUT2D eigenvalue weighted by Crippen LogP contribution is 2.43. The summed E-state index contributed by atoms with van der Waals surface area (Å²) in [6, 6.07) is 4.33. The number of carboxylic acid groups (broad SMARTS) is 1. The first-order valence-corrected chi connectivity index (χ1v) is 5.19. The van der Waals surface area contributed by atoms with Gasteiger partial charge in [-0.1, -0.05) is 6.07 Å². The summed E-state index contributed by atoms with van der Waals surface area (Å²) in [5.74, 6) is -1.68. The Hall–Kier alpha value is -1.58. The number of ether oxygens (including phenoxy) is 1. The van der Waals surface area contributed by atoms with E-state index in [4.69, 9.17) is 9.84 Å². The number of aliphatic carboxylic acids is 1. The third kappa shape index (κ3) is 2.01. The van der Waals surface area contributed by atoms with E-state index in [0.29, 0.717) is 5.75 Å². The molecule has 1 atom stereocenters. The van der Waals surface area contributed by atoms with Crippen molar-refractivity contribution >= 4 is 5.97 Å². The van der Waals surface area contributed by atoms with Crippen molar-refractivity contribution in [2.24, 2.45) is 5.92 Å². The molecular weight excluding hydrogens is 211 g/mol. The standard InChI is InChI=1S/C12H13FO3/c1-16-8-4-5-9(10(13)6-8)11(12(14)15)7-2-3-7/h4-7,11H,2-3H2,1H3,(H,14,15). The number of hydrogen-bond acceptors (Lipinski definition) is 2. The molecule has 0 aromatic heterocycles. The highest BCUT2D eigenvalue weighted by Gasteiger charge is 2.38. The molecule has 4 heteroatoms. The Morgan fingerprint density at radius 2 is 2.25 bits per heavy atom. The minimum atomic E-state index is -0.952. The van der Waals surface area contributed by atoms with Crippen LogP contribution in [-0.2, 0) is 4.79 Å². The molecule has 86 valence electrons. The molecular formula is C12H13FO3. The van der Waals surface area contributed by atoms with Crippen LogP contribution in [0.5, 0.6) is 5.75 Å². The van der Waals surface area contributed by atoms with Crippen LogP contribution in [0.4, 0.5) is 4.39 Å². The summed E-state index contributed by atoms with van der Waals surface area (Å²) in [7, 11) is 1.45. The van der Waals surface area contributed by atoms with Crippen LogP contribution in [0.2, 0.25) is 0 Å². The second kappa shape index (κ2) is 4.12. The lowest BCUT2D eigenvalue weighted by Crippen LogP contribution is -2.15. The van der Waals surface area contributed by atoms with Crippen molar-refractivity contribution < 1.29 is 19.0 Å². The summed E-state index contributed by atoms with van der Waals surface area (Å²) < 4.78 is 18.6. The highest BCUT2D eigenvalue weighted by atomic mass is 19.1. The maximum absolute atomic E-state index is 13.7. The molecule has 1 N–H and O–H groups in total. The SMILES string of the molecule is COc1ccc(C(C(=O)O)C2CC2)c(F)c1. The summed E-state index contributed by atoms with van der Waals surface area (Å²) in [6.45, 7) is 0. The van der Waals surface area contributed by atoms with E-state index in [1.807, 2.05) is 0 Å². The zero-order valence-corrected chi connectivity index (χ0v) is 8.94. The second-order valence-electron chi connectivity index (χ2n) is 4.04. The van der Waals surface area contributed by atoms with Gasteiger partial charge in [-0.25, -0.2) is 4.39 Å².